The van der Waals surface area contributed by atoms with Gasteiger partial charge in [-0.2, -0.15) is 11.3 Å². The van der Waals surface area contributed by atoms with Crippen LogP contribution < -0.4 is 5.32 Å². The zero-order valence-corrected chi connectivity index (χ0v) is 9.87. The number of carbonyl (C=O) groups is 1. The van der Waals surface area contributed by atoms with Crippen molar-refractivity contribution in [2.45, 2.75) is 24.8 Å². The third-order valence-electron chi connectivity index (χ3n) is 2.74. The predicted octanol–water partition coefficient (Wildman–Crippen LogP) is 1.92. The summed E-state index contributed by atoms with van der Waals surface area (Å²) in [5.74, 6) is -0.721. The summed E-state index contributed by atoms with van der Waals surface area (Å²) < 4.78 is 0. The molecule has 0 unspecified atom stereocenters. The van der Waals surface area contributed by atoms with E-state index in [1.165, 1.54) is 0 Å². The molecule has 0 aromatic carbocycles. The fourth-order valence-electron chi connectivity index (χ4n) is 1.96. The van der Waals surface area contributed by atoms with Crippen molar-refractivity contribution in [2.24, 2.45) is 0 Å². The number of carboxylic acids is 1. The molecule has 1 atom stereocenters. The van der Waals surface area contributed by atoms with E-state index in [2.05, 4.69) is 5.32 Å². The summed E-state index contributed by atoms with van der Waals surface area (Å²) in [5.41, 5.74) is 0.410. The monoisotopic (exact) mass is 247 g/mol. The van der Waals surface area contributed by atoms with Gasteiger partial charge in [0.1, 0.15) is 5.54 Å². The number of nitrogens with one attached hydrogen (secondary N) is 1. The Bertz CT molecular complexity index is 320. The van der Waals surface area contributed by atoms with Crippen molar-refractivity contribution in [3.05, 3.63) is 22.4 Å². The number of aliphatic carboxylic acids is 1. The summed E-state index contributed by atoms with van der Waals surface area (Å²) in [5, 5.41) is 16.3. The first-order chi connectivity index (χ1) is 6.73. The Morgan fingerprint density at radius 2 is 2.47 bits per heavy atom. The Morgan fingerprint density at radius 1 is 1.67 bits per heavy atom. The summed E-state index contributed by atoms with van der Waals surface area (Å²) in [6, 6.07) is 2.00. The standard InChI is InChI=1S/C10H13NO2S.ClH/c12-9(13)10(3-1-4-11-10)6-8-2-5-14-7-8;/h2,5,7,11H,1,3-4,6H2,(H,12,13);1H/t10-;/m1./s1. The molecule has 2 heterocycles. The average Bonchev–Trinajstić information content (AvgIpc) is 2.76. The summed E-state index contributed by atoms with van der Waals surface area (Å²) in [6.07, 6.45) is 2.29. The quantitative estimate of drug-likeness (QED) is 0.858. The molecular weight excluding hydrogens is 234 g/mol. The Hall–Kier alpha value is -0.580. The van der Waals surface area contributed by atoms with Crippen LogP contribution in [0.25, 0.3) is 0 Å². The molecule has 1 aliphatic heterocycles. The van der Waals surface area contributed by atoms with E-state index in [1.54, 1.807) is 11.3 Å². The molecular formula is C10H14ClNO2S. The number of halogens is 1. The van der Waals surface area contributed by atoms with E-state index in [9.17, 15) is 9.90 Å². The molecule has 84 valence electrons. The second-order valence-electron chi connectivity index (χ2n) is 3.73. The molecule has 3 nitrogen and oxygen atoms in total. The van der Waals surface area contributed by atoms with Crippen molar-refractivity contribution in [1.29, 1.82) is 0 Å². The van der Waals surface area contributed by atoms with Crippen molar-refractivity contribution >= 4 is 29.7 Å². The summed E-state index contributed by atoms with van der Waals surface area (Å²) >= 11 is 1.61. The van der Waals surface area contributed by atoms with E-state index in [0.717, 1.165) is 24.9 Å². The topological polar surface area (TPSA) is 49.3 Å². The lowest BCUT2D eigenvalue weighted by molar-refractivity contribution is -0.144. The first kappa shape index (κ1) is 12.5. The van der Waals surface area contributed by atoms with Gasteiger partial charge in [0.2, 0.25) is 0 Å². The minimum Gasteiger partial charge on any atom is -0.480 e. The van der Waals surface area contributed by atoms with Crippen LogP contribution in [0, 0.1) is 0 Å². The molecule has 1 aromatic rings. The van der Waals surface area contributed by atoms with E-state index in [1.807, 2.05) is 16.8 Å². The van der Waals surface area contributed by atoms with Gasteiger partial charge in [-0.3, -0.25) is 4.79 Å². The number of thiophene rings is 1. The zero-order chi connectivity index (χ0) is 10.0. The van der Waals surface area contributed by atoms with E-state index >= 15 is 0 Å². The first-order valence-corrected chi connectivity index (χ1v) is 5.67. The minimum absolute atomic E-state index is 0. The smallest absolute Gasteiger partial charge is 0.324 e. The highest BCUT2D eigenvalue weighted by Crippen LogP contribution is 2.25. The summed E-state index contributed by atoms with van der Waals surface area (Å²) in [7, 11) is 0. The second kappa shape index (κ2) is 4.96. The van der Waals surface area contributed by atoms with Gasteiger partial charge in [-0.05, 0) is 41.8 Å². The van der Waals surface area contributed by atoms with E-state index in [0.29, 0.717) is 6.42 Å². The third kappa shape index (κ3) is 2.51. The van der Waals surface area contributed by atoms with Crippen LogP contribution in [-0.4, -0.2) is 23.2 Å². The van der Waals surface area contributed by atoms with Crippen LogP contribution in [0.5, 0.6) is 0 Å². The molecule has 0 bridgehead atoms. The van der Waals surface area contributed by atoms with Gasteiger partial charge in [0.05, 0.1) is 0 Å². The van der Waals surface area contributed by atoms with Crippen molar-refractivity contribution in [3.63, 3.8) is 0 Å². The van der Waals surface area contributed by atoms with Gasteiger partial charge in [0.15, 0.2) is 0 Å². The second-order valence-corrected chi connectivity index (χ2v) is 4.51. The number of rotatable bonds is 3. The van der Waals surface area contributed by atoms with Crippen LogP contribution in [0.4, 0.5) is 0 Å². The lowest BCUT2D eigenvalue weighted by Crippen LogP contribution is -2.49. The Balaban J connectivity index is 0.00000112. The van der Waals surface area contributed by atoms with Crippen molar-refractivity contribution in [1.82, 2.24) is 5.32 Å². The van der Waals surface area contributed by atoms with Crippen LogP contribution in [0.2, 0.25) is 0 Å². The van der Waals surface area contributed by atoms with Crippen LogP contribution in [0.15, 0.2) is 16.8 Å². The maximum Gasteiger partial charge on any atom is 0.324 e. The van der Waals surface area contributed by atoms with Gasteiger partial charge in [0, 0.05) is 6.42 Å². The van der Waals surface area contributed by atoms with Gasteiger partial charge < -0.3 is 10.4 Å². The Labute approximate surface area is 98.9 Å². The van der Waals surface area contributed by atoms with Crippen molar-refractivity contribution in [2.75, 3.05) is 6.54 Å². The normalized spacial score (nSPS) is 24.8. The maximum absolute atomic E-state index is 11.2. The van der Waals surface area contributed by atoms with E-state index < -0.39 is 11.5 Å². The first-order valence-electron chi connectivity index (χ1n) is 4.72. The highest BCUT2D eigenvalue weighted by atomic mass is 35.5. The van der Waals surface area contributed by atoms with Crippen LogP contribution in [0.3, 0.4) is 0 Å². The summed E-state index contributed by atoms with van der Waals surface area (Å²) in [4.78, 5) is 11.2. The highest BCUT2D eigenvalue weighted by molar-refractivity contribution is 7.07. The number of carboxylic acid groups (broad SMARTS) is 1. The molecule has 1 aliphatic rings. The molecule has 0 amide bonds. The SMILES string of the molecule is Cl.O=C(O)[C@]1(Cc2ccsc2)CCCN1. The van der Waals surface area contributed by atoms with Gasteiger partial charge in [-0.1, -0.05) is 0 Å². The van der Waals surface area contributed by atoms with Crippen LogP contribution in [0.1, 0.15) is 18.4 Å². The fourth-order valence-corrected chi connectivity index (χ4v) is 2.63. The van der Waals surface area contributed by atoms with Gasteiger partial charge in [-0.25, -0.2) is 0 Å². The third-order valence-corrected chi connectivity index (χ3v) is 3.47. The molecule has 15 heavy (non-hydrogen) atoms. The van der Waals surface area contributed by atoms with Crippen molar-refractivity contribution < 1.29 is 9.90 Å². The maximum atomic E-state index is 11.2. The molecule has 2 rings (SSSR count). The molecule has 5 heteroatoms. The van der Waals surface area contributed by atoms with Gasteiger partial charge in [0.25, 0.3) is 0 Å². The van der Waals surface area contributed by atoms with Crippen LogP contribution in [-0.2, 0) is 11.2 Å². The van der Waals surface area contributed by atoms with Gasteiger partial charge in [-0.15, -0.1) is 12.4 Å². The van der Waals surface area contributed by atoms with E-state index in [4.69, 9.17) is 0 Å². The Morgan fingerprint density at radius 3 is 2.93 bits per heavy atom. The van der Waals surface area contributed by atoms with Crippen molar-refractivity contribution in [3.8, 4) is 0 Å². The number of hydrogen-bond donors (Lipinski definition) is 2. The predicted molar refractivity (Wildman–Crippen MR) is 62.9 cm³/mol. The highest BCUT2D eigenvalue weighted by Gasteiger charge is 2.40. The Kier molecular flexibility index (Phi) is 4.13. The molecule has 1 fully saturated rings. The number of hydrogen-bond acceptors (Lipinski definition) is 3. The lowest BCUT2D eigenvalue weighted by Gasteiger charge is -2.23. The largest absolute Gasteiger partial charge is 0.480 e. The lowest BCUT2D eigenvalue weighted by atomic mass is 9.90. The zero-order valence-electron chi connectivity index (χ0n) is 8.23. The molecule has 0 aliphatic carbocycles. The van der Waals surface area contributed by atoms with Crippen LogP contribution >= 0.6 is 23.7 Å². The molecule has 0 saturated carbocycles. The molecule has 1 aromatic heterocycles. The van der Waals surface area contributed by atoms with E-state index in [-0.39, 0.29) is 12.4 Å². The molecule has 0 radical (unpaired) electrons. The molecule has 1 saturated heterocycles. The average molecular weight is 248 g/mol. The fraction of sp³-hybridized carbons (Fsp3) is 0.500. The summed E-state index contributed by atoms with van der Waals surface area (Å²) in [6.45, 7) is 0.816. The van der Waals surface area contributed by atoms with Gasteiger partial charge >= 0.3 is 5.97 Å². The molecule has 0 spiro atoms. The molecule has 2 N–H and O–H groups in total. The minimum atomic E-state index is -0.721.